The molecule has 3 fully saturated rings. The normalized spacial score (nSPS) is 27.8. The molecule has 5 aromatic carbocycles. The topological polar surface area (TPSA) is 395 Å². The van der Waals surface area contributed by atoms with E-state index < -0.39 is 165 Å². The maximum Gasteiger partial charge on any atom is 0.408 e. The fourth-order valence-corrected chi connectivity index (χ4v) is 11.8. The number of hydrogen-bond donors (Lipinski definition) is 11. The zero-order valence-corrected chi connectivity index (χ0v) is 56.8. The summed E-state index contributed by atoms with van der Waals surface area (Å²) in [6, 6.07) is 38.1. The molecule has 5 aromatic rings. The highest BCUT2D eigenvalue weighted by Crippen LogP contribution is 2.37. The van der Waals surface area contributed by atoms with Crippen molar-refractivity contribution in [1.82, 2.24) is 37.2 Å². The smallest absolute Gasteiger partial charge is 0.408 e. The van der Waals surface area contributed by atoms with Crippen LogP contribution in [0.2, 0.25) is 0 Å². The molecule has 0 bridgehead atoms. The van der Waals surface area contributed by atoms with Gasteiger partial charge in [-0.2, -0.15) is 0 Å². The van der Waals surface area contributed by atoms with Crippen LogP contribution in [-0.2, 0) is 94.7 Å². The molecule has 103 heavy (non-hydrogen) atoms. The van der Waals surface area contributed by atoms with Crippen LogP contribution in [0.3, 0.4) is 0 Å². The van der Waals surface area contributed by atoms with Gasteiger partial charge in [0.05, 0.1) is 44.0 Å². The van der Waals surface area contributed by atoms with E-state index in [-0.39, 0.29) is 59.0 Å². The molecule has 0 radical (unpaired) electrons. The van der Waals surface area contributed by atoms with Crippen molar-refractivity contribution in [3.8, 4) is 0 Å². The Morgan fingerprint density at radius 3 is 1.24 bits per heavy atom. The molecule has 0 aromatic heterocycles. The predicted octanol–water partition coefficient (Wildman–Crippen LogP) is 5.19. The van der Waals surface area contributed by atoms with Gasteiger partial charge in [0.25, 0.3) is 5.91 Å². The van der Waals surface area contributed by atoms with Crippen LogP contribution < -0.4 is 37.2 Å². The second kappa shape index (κ2) is 36.4. The summed E-state index contributed by atoms with van der Waals surface area (Å²) in [7, 11) is 0. The number of rotatable bonds is 27. The Hall–Kier alpha value is -9.73. The summed E-state index contributed by atoms with van der Waals surface area (Å²) in [6.45, 7) is 3.09. The first-order chi connectivity index (χ1) is 49.6. The summed E-state index contributed by atoms with van der Waals surface area (Å²) in [6.07, 6.45) is -18.0. The minimum absolute atomic E-state index is 0.0374. The summed E-state index contributed by atoms with van der Waals surface area (Å²) in [5.41, 5.74) is 0.388. The third kappa shape index (κ3) is 22.6. The van der Waals surface area contributed by atoms with Gasteiger partial charge in [0.15, 0.2) is 18.9 Å². The molecule has 2 aliphatic carbocycles. The third-order valence-electron chi connectivity index (χ3n) is 17.1. The number of ether oxygens (including phenoxy) is 12. The number of nitrogens with one attached hydrogen (secondary N) is 7. The van der Waals surface area contributed by atoms with E-state index in [0.29, 0.717) is 22.3 Å². The Labute approximate surface area is 593 Å². The van der Waals surface area contributed by atoms with Crippen LogP contribution in [0.1, 0.15) is 67.9 Å². The van der Waals surface area contributed by atoms with E-state index in [1.807, 2.05) is 12.1 Å². The van der Waals surface area contributed by atoms with Gasteiger partial charge < -0.3 is 114 Å². The van der Waals surface area contributed by atoms with Gasteiger partial charge in [0, 0.05) is 18.9 Å². The summed E-state index contributed by atoms with van der Waals surface area (Å²) in [5.74, 6) is -1.00. The fourth-order valence-electron chi connectivity index (χ4n) is 11.8. The van der Waals surface area contributed by atoms with Crippen molar-refractivity contribution < 1.29 is 111 Å². The lowest BCUT2D eigenvalue weighted by molar-refractivity contribution is -0.282. The number of alkyl carbamates (subject to hydrolysis) is 6. The van der Waals surface area contributed by atoms with E-state index >= 15 is 0 Å². The van der Waals surface area contributed by atoms with Crippen LogP contribution in [0, 0.1) is 0 Å². The lowest BCUT2D eigenvalue weighted by atomic mass is 9.74. The highest BCUT2D eigenvalue weighted by Gasteiger charge is 2.56. The highest BCUT2D eigenvalue weighted by molar-refractivity contribution is 5.87. The van der Waals surface area contributed by atoms with Gasteiger partial charge in [-0.1, -0.05) is 176 Å². The predicted molar refractivity (Wildman–Crippen MR) is 362 cm³/mol. The quantitative estimate of drug-likeness (QED) is 0.0238. The maximum absolute atomic E-state index is 14.4. The van der Waals surface area contributed by atoms with Gasteiger partial charge in [-0.3, -0.25) is 4.79 Å². The molecule has 5 aliphatic rings. The van der Waals surface area contributed by atoms with Crippen LogP contribution in [0.5, 0.6) is 0 Å². The molecule has 15 atom stereocenters. The second-order valence-corrected chi connectivity index (χ2v) is 26.1. The van der Waals surface area contributed by atoms with E-state index in [9.17, 15) is 54.0 Å². The number of carbonyl (C=O) groups is 7. The molecule has 0 unspecified atom stereocenters. The minimum Gasteiger partial charge on any atom is -0.445 e. The van der Waals surface area contributed by atoms with Crippen molar-refractivity contribution in [2.24, 2.45) is 0 Å². The molecular weight excluding hydrogens is 1340 g/mol. The number of hydrogen-bond acceptors (Lipinski definition) is 23. The average molecular weight is 1430 g/mol. The molecule has 7 amide bonds. The maximum atomic E-state index is 14.4. The Kier molecular flexibility index (Phi) is 26.8. The molecule has 2 saturated carbocycles. The standard InChI is InChI=1S/C73H87N7O23/c1-72(2,3)103-71(90)76-49-34-73(91,35-49)65(84)77-54-33-55(80-70(89)96-43-48-27-17-8-18-28-48)59(100-62-52(78-68(87)94-41-46-23-13-6-14-24-46)31-29-50(97-62)36-74-66(85)92-39-44-19-9-4-10-20-44)61(57(54)82)102-64-58(83)60(56(38-81)99-64)101-63-53(79-69(88)95-42-47-25-15-7-16-26-47)32-30-51(98-63)37-75-67(86)93-40-45-21-11-5-12-22-45/h4-32,49-64,81-83,91H,33-43H2,1-3H3,(H,74,85)(H,75,86)(H,76,90)(H,77,84)(H,78,87)(H,79,88)(H,80,89)/t49?,50-,51+,52+,53+,54+,55-,56+,57-,58+,59+,60+,61+,62+,63+,64-,73?/m0/s1. The van der Waals surface area contributed by atoms with Crippen LogP contribution in [0.4, 0.5) is 28.8 Å². The van der Waals surface area contributed by atoms with Gasteiger partial charge in [-0.15, -0.1) is 0 Å². The number of aliphatic hydroxyl groups is 4. The van der Waals surface area contributed by atoms with E-state index in [1.165, 1.54) is 18.2 Å². The SMILES string of the molecule is CC(C)(C)OC(=O)NC1CC(O)(C(=O)N[C@@H]2C[C@H](NC(=O)OCc3ccccc3)[C@@H](O[C@H]3O[C@H](CNC(=O)OCc4ccccc4)C=C[C@H]3NC(=O)OCc3ccccc3)[C@H](O[C@@H]3O[C@H](CO)[C@@H](O[C@H]4O[C@@H](CNC(=O)OCc5ccccc5)C=C[C@H]4NC(=O)OCc4ccccc4)[C@H]3O)[C@H]2O)C1. The Morgan fingerprint density at radius 1 is 0.447 bits per heavy atom. The van der Waals surface area contributed by atoms with Crippen molar-refractivity contribution in [2.75, 3.05) is 19.7 Å². The largest absolute Gasteiger partial charge is 0.445 e. The van der Waals surface area contributed by atoms with Crippen molar-refractivity contribution in [2.45, 2.75) is 182 Å². The van der Waals surface area contributed by atoms with Gasteiger partial charge in [-0.25, -0.2) is 28.8 Å². The second-order valence-electron chi connectivity index (χ2n) is 26.1. The first-order valence-electron chi connectivity index (χ1n) is 33.7. The molecular formula is C73H87N7O23. The molecule has 552 valence electrons. The minimum atomic E-state index is -2.12. The highest BCUT2D eigenvalue weighted by atomic mass is 16.8. The van der Waals surface area contributed by atoms with Crippen LogP contribution in [0.15, 0.2) is 176 Å². The van der Waals surface area contributed by atoms with E-state index in [4.69, 9.17) is 56.8 Å². The Morgan fingerprint density at radius 2 is 0.835 bits per heavy atom. The van der Waals surface area contributed by atoms with E-state index in [1.54, 1.807) is 166 Å². The van der Waals surface area contributed by atoms with E-state index in [0.717, 1.165) is 5.56 Å². The van der Waals surface area contributed by atoms with Crippen LogP contribution in [-0.4, -0.2) is 192 Å². The van der Waals surface area contributed by atoms with Crippen molar-refractivity contribution in [3.05, 3.63) is 204 Å². The third-order valence-corrected chi connectivity index (χ3v) is 17.1. The molecule has 10 rings (SSSR count). The van der Waals surface area contributed by atoms with Gasteiger partial charge in [-0.05, 0) is 55.0 Å². The molecule has 1 saturated heterocycles. The van der Waals surface area contributed by atoms with Crippen molar-refractivity contribution in [3.63, 3.8) is 0 Å². The molecule has 0 spiro atoms. The van der Waals surface area contributed by atoms with Crippen LogP contribution >= 0.6 is 0 Å². The number of aliphatic hydroxyl groups excluding tert-OH is 3. The zero-order chi connectivity index (χ0) is 72.9. The van der Waals surface area contributed by atoms with Crippen molar-refractivity contribution >= 4 is 42.5 Å². The summed E-state index contributed by atoms with van der Waals surface area (Å²) >= 11 is 0. The molecule has 3 heterocycles. The van der Waals surface area contributed by atoms with Crippen molar-refractivity contribution in [1.29, 1.82) is 0 Å². The number of benzene rings is 5. The monoisotopic (exact) mass is 1430 g/mol. The lowest BCUT2D eigenvalue weighted by Crippen LogP contribution is -2.70. The molecule has 3 aliphatic heterocycles. The molecule has 30 heteroatoms. The van der Waals surface area contributed by atoms with E-state index in [2.05, 4.69) is 37.2 Å². The number of carbonyl (C=O) groups excluding carboxylic acids is 7. The summed E-state index contributed by atoms with van der Waals surface area (Å²) < 4.78 is 72.2. The Balaban J connectivity index is 0.941. The van der Waals surface area contributed by atoms with Gasteiger partial charge in [0.2, 0.25) is 0 Å². The first kappa shape index (κ1) is 75.9. The van der Waals surface area contributed by atoms with Crippen LogP contribution in [0.25, 0.3) is 0 Å². The van der Waals surface area contributed by atoms with Gasteiger partial charge >= 0.3 is 36.6 Å². The molecule has 11 N–H and O–H groups in total. The first-order valence-corrected chi connectivity index (χ1v) is 33.7. The Bertz CT molecular complexity index is 3630. The fraction of sp³-hybridized carbons (Fsp3) is 0.438. The van der Waals surface area contributed by atoms with Gasteiger partial charge in [0.1, 0.15) is 92.9 Å². The summed E-state index contributed by atoms with van der Waals surface area (Å²) in [4.78, 5) is 94.9. The number of amides is 7. The lowest BCUT2D eigenvalue weighted by Gasteiger charge is -2.48. The molecule has 30 nitrogen and oxygen atoms in total. The average Bonchev–Trinajstić information content (AvgIpc) is 1.46. The summed E-state index contributed by atoms with van der Waals surface area (Å²) in [5, 5.41) is 67.2. The zero-order valence-electron chi connectivity index (χ0n) is 56.8.